The minimum Gasteiger partial charge on any atom is -0.487 e. The average Bonchev–Trinajstić information content (AvgIpc) is 3.63. The van der Waals surface area contributed by atoms with Crippen LogP contribution in [-0.2, 0) is 16.6 Å². The van der Waals surface area contributed by atoms with Gasteiger partial charge in [0.25, 0.3) is 0 Å². The second-order valence-corrected chi connectivity index (χ2v) is 9.38. The molecule has 0 spiro atoms. The second kappa shape index (κ2) is 12.3. The van der Waals surface area contributed by atoms with Gasteiger partial charge in [-0.2, -0.15) is 23.5 Å². The lowest BCUT2D eigenvalue weighted by Crippen LogP contribution is -2.38. The first-order valence-corrected chi connectivity index (χ1v) is 12.3. The van der Waals surface area contributed by atoms with Gasteiger partial charge in [-0.25, -0.2) is 14.2 Å². The van der Waals surface area contributed by atoms with Gasteiger partial charge in [0.15, 0.2) is 17.4 Å². The molecule has 212 valence electrons. The number of rotatable bonds is 7. The van der Waals surface area contributed by atoms with Crippen molar-refractivity contribution in [2.24, 2.45) is 0 Å². The fraction of sp³-hybridized carbons (Fsp3) is 0.333. The van der Waals surface area contributed by atoms with Crippen molar-refractivity contribution in [2.45, 2.75) is 49.8 Å². The van der Waals surface area contributed by atoms with Gasteiger partial charge < -0.3 is 15.2 Å². The van der Waals surface area contributed by atoms with Crippen molar-refractivity contribution < 1.29 is 32.2 Å². The Morgan fingerprint density at radius 3 is 2.52 bits per heavy atom. The molecular weight excluding hydrogens is 560 g/mol. The van der Waals surface area contributed by atoms with Gasteiger partial charge >= 0.3 is 12.1 Å². The van der Waals surface area contributed by atoms with Crippen molar-refractivity contribution in [3.05, 3.63) is 71.0 Å². The average molecular weight is 583 g/mol. The number of alkyl halides is 3. The molecule has 0 amide bonds. The molecule has 3 aromatic heterocycles. The predicted molar refractivity (Wildman–Crippen MR) is 134 cm³/mol. The minimum absolute atomic E-state index is 0.0548. The summed E-state index contributed by atoms with van der Waals surface area (Å²) in [5.41, 5.74) is 0.559. The molecule has 3 heterocycles. The van der Waals surface area contributed by atoms with Crippen LogP contribution in [0.5, 0.6) is 5.75 Å². The lowest BCUT2D eigenvalue weighted by atomic mass is 9.69. The number of aromatic amines is 2. The number of H-pyrrole nitrogens is 2. The largest absolute Gasteiger partial charge is 0.490 e. The number of benzene rings is 1. The van der Waals surface area contributed by atoms with E-state index in [4.69, 9.17) is 31.2 Å². The number of nitrogens with zero attached hydrogens (tertiary/aromatic N) is 5. The molecule has 40 heavy (non-hydrogen) atoms. The molecule has 1 saturated carbocycles. The predicted octanol–water partition coefficient (Wildman–Crippen LogP) is 4.99. The van der Waals surface area contributed by atoms with E-state index in [-0.39, 0.29) is 22.3 Å². The van der Waals surface area contributed by atoms with E-state index in [2.05, 4.69) is 36.1 Å². The van der Waals surface area contributed by atoms with Crippen LogP contribution in [0.25, 0.3) is 0 Å². The number of pyridine rings is 1. The van der Waals surface area contributed by atoms with Crippen molar-refractivity contribution in [3.63, 3.8) is 0 Å². The highest BCUT2D eigenvalue weighted by molar-refractivity contribution is 6.30. The van der Waals surface area contributed by atoms with Crippen LogP contribution in [0, 0.1) is 5.82 Å². The Morgan fingerprint density at radius 2 is 1.90 bits per heavy atom. The fourth-order valence-electron chi connectivity index (χ4n) is 4.34. The summed E-state index contributed by atoms with van der Waals surface area (Å²) in [5, 5.41) is 32.2. The van der Waals surface area contributed by atoms with Gasteiger partial charge in [-0.3, -0.25) is 5.10 Å². The molecule has 16 heteroatoms. The molecule has 5 rings (SSSR count). The van der Waals surface area contributed by atoms with Crippen LogP contribution in [0.3, 0.4) is 0 Å². The standard InChI is InChI=1S/C22H22ClFN8O.C2HF3O2/c23-16-4-2-5-17(20(16)24)33-15-7-10-22(11-8-15,21-29-31-32-30-21)13-14-3-1-6-18(26-14)27-19-9-12-25-28-19;3-2(4,5)1(6)7/h1-6,9,12,15H,7-8,10-11,13H2,(H2,25,26,27,28)(H,29,30,31,32);(H,6,7). The number of halogens is 5. The van der Waals surface area contributed by atoms with E-state index in [0.717, 1.165) is 24.4 Å². The van der Waals surface area contributed by atoms with Gasteiger partial charge in [0, 0.05) is 23.6 Å². The third-order valence-electron chi connectivity index (χ3n) is 6.25. The van der Waals surface area contributed by atoms with Gasteiger partial charge in [0.05, 0.1) is 17.3 Å². The summed E-state index contributed by atoms with van der Waals surface area (Å²) >= 11 is 5.89. The fourth-order valence-corrected chi connectivity index (χ4v) is 4.51. The first kappa shape index (κ1) is 28.7. The van der Waals surface area contributed by atoms with Crippen molar-refractivity contribution in [2.75, 3.05) is 5.32 Å². The smallest absolute Gasteiger partial charge is 0.487 e. The lowest BCUT2D eigenvalue weighted by molar-refractivity contribution is -0.192. The van der Waals surface area contributed by atoms with Crippen molar-refractivity contribution in [1.82, 2.24) is 35.8 Å². The number of anilines is 2. The number of tetrazole rings is 1. The number of hydrogen-bond donors (Lipinski definition) is 4. The van der Waals surface area contributed by atoms with Crippen LogP contribution >= 0.6 is 11.6 Å². The number of carboxylic acids is 1. The summed E-state index contributed by atoms with van der Waals surface area (Å²) in [6.07, 6.45) is 0.0353. The topological polar surface area (TPSA) is 155 Å². The molecule has 1 aliphatic carbocycles. The van der Waals surface area contributed by atoms with E-state index in [0.29, 0.717) is 30.9 Å². The Morgan fingerprint density at radius 1 is 1.18 bits per heavy atom. The summed E-state index contributed by atoms with van der Waals surface area (Å²) in [5.74, 6) is -0.971. The van der Waals surface area contributed by atoms with E-state index < -0.39 is 18.0 Å². The zero-order chi connectivity index (χ0) is 28.8. The Labute approximate surface area is 229 Å². The van der Waals surface area contributed by atoms with E-state index in [1.807, 2.05) is 24.3 Å². The van der Waals surface area contributed by atoms with Crippen LogP contribution in [-0.4, -0.2) is 59.2 Å². The second-order valence-electron chi connectivity index (χ2n) is 8.97. The molecule has 1 aliphatic rings. The maximum Gasteiger partial charge on any atom is 0.490 e. The Bertz CT molecular complexity index is 1400. The molecule has 0 saturated heterocycles. The Hall–Kier alpha value is -4.27. The summed E-state index contributed by atoms with van der Waals surface area (Å²) in [7, 11) is 0. The number of carbonyl (C=O) groups is 1. The van der Waals surface area contributed by atoms with E-state index in [9.17, 15) is 17.6 Å². The van der Waals surface area contributed by atoms with Gasteiger partial charge in [0.2, 0.25) is 0 Å². The molecule has 0 radical (unpaired) electrons. The van der Waals surface area contributed by atoms with Crippen molar-refractivity contribution >= 4 is 29.2 Å². The zero-order valence-corrected chi connectivity index (χ0v) is 21.4. The van der Waals surface area contributed by atoms with Gasteiger partial charge in [-0.05, 0) is 49.9 Å². The van der Waals surface area contributed by atoms with Crippen LogP contribution in [0.15, 0.2) is 48.7 Å². The maximum atomic E-state index is 14.3. The molecule has 0 atom stereocenters. The first-order valence-electron chi connectivity index (χ1n) is 11.9. The molecular formula is C24H23ClF4N8O3. The Kier molecular flexibility index (Phi) is 8.82. The minimum atomic E-state index is -5.08. The molecule has 1 fully saturated rings. The van der Waals surface area contributed by atoms with Crippen LogP contribution in [0.2, 0.25) is 5.02 Å². The van der Waals surface area contributed by atoms with Gasteiger partial charge in [-0.15, -0.1) is 10.2 Å². The van der Waals surface area contributed by atoms with E-state index >= 15 is 0 Å². The number of nitrogens with one attached hydrogen (secondary N) is 3. The molecule has 4 aromatic rings. The van der Waals surface area contributed by atoms with Crippen LogP contribution in [0.1, 0.15) is 37.2 Å². The van der Waals surface area contributed by atoms with Crippen molar-refractivity contribution in [3.8, 4) is 5.75 Å². The van der Waals surface area contributed by atoms with Crippen LogP contribution in [0.4, 0.5) is 29.2 Å². The summed E-state index contributed by atoms with van der Waals surface area (Å²) in [4.78, 5) is 13.7. The van der Waals surface area contributed by atoms with Gasteiger partial charge in [-0.1, -0.05) is 28.9 Å². The molecule has 0 bridgehead atoms. The van der Waals surface area contributed by atoms with Crippen molar-refractivity contribution in [1.29, 1.82) is 0 Å². The normalized spacial score (nSPS) is 18.9. The first-order chi connectivity index (χ1) is 19.1. The third kappa shape index (κ3) is 7.22. The molecule has 0 aliphatic heterocycles. The highest BCUT2D eigenvalue weighted by Gasteiger charge is 2.41. The summed E-state index contributed by atoms with van der Waals surface area (Å²) in [6, 6.07) is 12.5. The van der Waals surface area contributed by atoms with E-state index in [1.165, 1.54) is 6.07 Å². The zero-order valence-electron chi connectivity index (χ0n) is 20.6. The highest BCUT2D eigenvalue weighted by atomic mass is 35.5. The molecule has 1 aromatic carbocycles. The number of carboxylic acid groups (broad SMARTS) is 1. The lowest BCUT2D eigenvalue weighted by Gasteiger charge is -2.37. The highest BCUT2D eigenvalue weighted by Crippen LogP contribution is 2.41. The third-order valence-corrected chi connectivity index (χ3v) is 6.54. The number of aliphatic carboxylic acids is 1. The van der Waals surface area contributed by atoms with E-state index in [1.54, 1.807) is 18.3 Å². The monoisotopic (exact) mass is 582 g/mol. The van der Waals surface area contributed by atoms with Gasteiger partial charge in [0.1, 0.15) is 11.6 Å². The number of ether oxygens (including phenoxy) is 1. The quantitative estimate of drug-likeness (QED) is 0.221. The van der Waals surface area contributed by atoms with Crippen LogP contribution < -0.4 is 10.1 Å². The number of aromatic nitrogens is 7. The molecule has 0 unspecified atom stereocenters. The summed E-state index contributed by atoms with van der Waals surface area (Å²) < 4.78 is 52.0. The molecule has 11 nitrogen and oxygen atoms in total. The SMILES string of the molecule is Fc1c(Cl)cccc1OC1CCC(Cc2cccc(Nc3ccn[nH]3)n2)(c2nn[nH]n2)CC1.O=C(O)C(F)(F)F. The number of hydrogen-bond acceptors (Lipinski definition) is 8. The molecule has 4 N–H and O–H groups in total. The maximum absolute atomic E-state index is 14.3. The Balaban J connectivity index is 0.000000470. The summed E-state index contributed by atoms with van der Waals surface area (Å²) in [6.45, 7) is 0.